The second-order valence-corrected chi connectivity index (χ2v) is 6.41. The number of carbonyl (C=O) groups is 1. The number of rotatable bonds is 2. The minimum atomic E-state index is -4.57. The summed E-state index contributed by atoms with van der Waals surface area (Å²) in [6, 6.07) is 1.53. The number of fused-ring (bicyclic) bond motifs is 1. The highest BCUT2D eigenvalue weighted by Crippen LogP contribution is 2.32. The van der Waals surface area contributed by atoms with Crippen molar-refractivity contribution in [2.24, 2.45) is 11.7 Å². The van der Waals surface area contributed by atoms with Crippen LogP contribution in [0.2, 0.25) is 0 Å². The number of hydrogen-bond donors (Lipinski definition) is 1. The molecule has 2 aliphatic heterocycles. The molecule has 0 unspecified atom stereocenters. The van der Waals surface area contributed by atoms with Crippen molar-refractivity contribution in [3.63, 3.8) is 0 Å². The Balaban J connectivity index is 1.75. The number of likely N-dealkylation sites (tertiary alicyclic amines) is 1. The lowest BCUT2D eigenvalue weighted by Crippen LogP contribution is -2.52. The van der Waals surface area contributed by atoms with E-state index < -0.39 is 35.3 Å². The number of pyridine rings is 1. The molecule has 0 bridgehead atoms. The highest BCUT2D eigenvalue weighted by molar-refractivity contribution is 5.76. The molecule has 6 nitrogen and oxygen atoms in total. The van der Waals surface area contributed by atoms with E-state index in [1.807, 2.05) is 0 Å². The molecule has 2 aliphatic rings. The van der Waals surface area contributed by atoms with Gasteiger partial charge in [-0.25, -0.2) is 0 Å². The van der Waals surface area contributed by atoms with Gasteiger partial charge in [-0.15, -0.1) is 0 Å². The van der Waals surface area contributed by atoms with Crippen molar-refractivity contribution < 1.29 is 22.7 Å². The van der Waals surface area contributed by atoms with Crippen LogP contribution in [0.3, 0.4) is 0 Å². The summed E-state index contributed by atoms with van der Waals surface area (Å²) in [7, 11) is 0. The van der Waals surface area contributed by atoms with E-state index in [0.29, 0.717) is 45.0 Å². The highest BCUT2D eigenvalue weighted by Gasteiger charge is 2.46. The van der Waals surface area contributed by atoms with E-state index >= 15 is 0 Å². The average molecular weight is 345 g/mol. The van der Waals surface area contributed by atoms with Crippen molar-refractivity contribution in [1.29, 1.82) is 0 Å². The summed E-state index contributed by atoms with van der Waals surface area (Å²) >= 11 is 0. The summed E-state index contributed by atoms with van der Waals surface area (Å²) in [4.78, 5) is 25.7. The fraction of sp³-hybridized carbons (Fsp3) is 0.600. The van der Waals surface area contributed by atoms with Crippen molar-refractivity contribution >= 4 is 5.91 Å². The lowest BCUT2D eigenvalue weighted by Gasteiger charge is -2.34. The number of carbonyl (C=O) groups excluding carboxylic acids is 1. The second-order valence-electron chi connectivity index (χ2n) is 6.41. The molecule has 1 aromatic rings. The zero-order valence-electron chi connectivity index (χ0n) is 12.9. The predicted molar refractivity (Wildman–Crippen MR) is 78.1 cm³/mol. The van der Waals surface area contributed by atoms with Gasteiger partial charge >= 0.3 is 6.18 Å². The molecular formula is C15H18F3N3O3. The van der Waals surface area contributed by atoms with Gasteiger partial charge in [-0.2, -0.15) is 13.2 Å². The zero-order chi connectivity index (χ0) is 17.5. The van der Waals surface area contributed by atoms with Gasteiger partial charge in [0.25, 0.3) is 5.56 Å². The fourth-order valence-corrected chi connectivity index (χ4v) is 3.24. The lowest BCUT2D eigenvalue weighted by atomic mass is 9.84. The number of amides is 1. The summed E-state index contributed by atoms with van der Waals surface area (Å²) in [5, 5.41) is 0. The largest absolute Gasteiger partial charge is 0.417 e. The van der Waals surface area contributed by atoms with E-state index in [9.17, 15) is 22.8 Å². The maximum Gasteiger partial charge on any atom is 0.417 e. The van der Waals surface area contributed by atoms with Crippen molar-refractivity contribution in [3.8, 4) is 0 Å². The first kappa shape index (κ1) is 17.0. The second kappa shape index (κ2) is 5.89. The number of halogens is 3. The summed E-state index contributed by atoms with van der Waals surface area (Å²) in [5.74, 6) is -0.413. The van der Waals surface area contributed by atoms with E-state index in [2.05, 4.69) is 0 Å². The molecule has 9 heteroatoms. The van der Waals surface area contributed by atoms with Gasteiger partial charge in [-0.3, -0.25) is 9.59 Å². The Labute approximate surface area is 136 Å². The van der Waals surface area contributed by atoms with Gasteiger partial charge in [0.05, 0.1) is 12.2 Å². The number of nitrogens with two attached hydrogens (primary N) is 1. The van der Waals surface area contributed by atoms with Gasteiger partial charge in [0.15, 0.2) is 0 Å². The third-order valence-electron chi connectivity index (χ3n) is 4.74. The first-order valence-electron chi connectivity index (χ1n) is 7.61. The molecule has 1 amide bonds. The van der Waals surface area contributed by atoms with Gasteiger partial charge in [-0.1, -0.05) is 0 Å². The number of nitrogens with zero attached hydrogens (tertiary/aromatic N) is 2. The van der Waals surface area contributed by atoms with E-state index in [-0.39, 0.29) is 5.92 Å². The molecule has 24 heavy (non-hydrogen) atoms. The molecule has 3 rings (SSSR count). The predicted octanol–water partition coefficient (Wildman–Crippen LogP) is 0.443. The minimum Gasteiger partial charge on any atom is -0.381 e. The minimum absolute atomic E-state index is 0.00781. The van der Waals surface area contributed by atoms with E-state index in [1.54, 1.807) is 0 Å². The number of aromatic nitrogens is 1. The molecule has 0 aliphatic carbocycles. The summed E-state index contributed by atoms with van der Waals surface area (Å²) < 4.78 is 44.4. The van der Waals surface area contributed by atoms with Gasteiger partial charge in [0.2, 0.25) is 5.91 Å². The van der Waals surface area contributed by atoms with Crippen molar-refractivity contribution in [2.75, 3.05) is 26.3 Å². The summed E-state index contributed by atoms with van der Waals surface area (Å²) in [6.45, 7) is 1.27. The molecule has 0 spiro atoms. The Kier molecular flexibility index (Phi) is 4.16. The van der Waals surface area contributed by atoms with Crippen LogP contribution in [0.4, 0.5) is 13.2 Å². The van der Waals surface area contributed by atoms with Crippen LogP contribution in [-0.4, -0.2) is 47.2 Å². The molecule has 0 radical (unpaired) electrons. The van der Waals surface area contributed by atoms with Gasteiger partial charge in [0.1, 0.15) is 6.54 Å². The zero-order valence-corrected chi connectivity index (χ0v) is 12.9. The fourth-order valence-electron chi connectivity index (χ4n) is 3.24. The third-order valence-corrected chi connectivity index (χ3v) is 4.74. The van der Waals surface area contributed by atoms with Crippen molar-refractivity contribution in [3.05, 3.63) is 34.2 Å². The van der Waals surface area contributed by atoms with Crippen LogP contribution < -0.4 is 11.3 Å². The molecule has 1 aromatic heterocycles. The maximum absolute atomic E-state index is 12.7. The normalized spacial score (nSPS) is 27.2. The maximum atomic E-state index is 12.7. The van der Waals surface area contributed by atoms with Crippen LogP contribution in [0.25, 0.3) is 0 Å². The quantitative estimate of drug-likeness (QED) is 0.844. The Morgan fingerprint density at radius 2 is 2.17 bits per heavy atom. The number of ether oxygens (including phenoxy) is 1. The number of hydrogen-bond acceptors (Lipinski definition) is 4. The van der Waals surface area contributed by atoms with Crippen LogP contribution in [-0.2, 0) is 22.3 Å². The molecular weight excluding hydrogens is 327 g/mol. The van der Waals surface area contributed by atoms with Gasteiger partial charge in [-0.05, 0) is 12.5 Å². The molecule has 2 fully saturated rings. The topological polar surface area (TPSA) is 77.6 Å². The van der Waals surface area contributed by atoms with Gasteiger partial charge in [0, 0.05) is 43.4 Å². The smallest absolute Gasteiger partial charge is 0.381 e. The van der Waals surface area contributed by atoms with E-state index in [0.717, 1.165) is 10.6 Å². The Morgan fingerprint density at radius 3 is 2.83 bits per heavy atom. The highest BCUT2D eigenvalue weighted by atomic mass is 19.4. The van der Waals surface area contributed by atoms with Crippen LogP contribution in [0, 0.1) is 5.92 Å². The summed E-state index contributed by atoms with van der Waals surface area (Å²) in [6.07, 6.45) is -3.27. The Hall–Kier alpha value is -1.87. The Morgan fingerprint density at radius 1 is 1.42 bits per heavy atom. The summed E-state index contributed by atoms with van der Waals surface area (Å²) in [5.41, 5.74) is 4.17. The monoisotopic (exact) mass is 345 g/mol. The van der Waals surface area contributed by atoms with Crippen LogP contribution in [0.5, 0.6) is 0 Å². The molecule has 3 heterocycles. The average Bonchev–Trinajstić information content (AvgIpc) is 2.85. The third kappa shape index (κ3) is 3.18. The van der Waals surface area contributed by atoms with E-state index in [1.165, 1.54) is 4.90 Å². The standard InChI is InChI=1S/C15H18F3N3O3/c16-15(17,18)10-1-2-12(22)20(5-10)7-13(23)21-6-11-8-24-4-3-14(11,19)9-21/h1-2,5,11H,3-4,6-9,19H2/t11-,14+/m0/s1. The van der Waals surface area contributed by atoms with Crippen LogP contribution in [0.1, 0.15) is 12.0 Å². The van der Waals surface area contributed by atoms with Crippen LogP contribution >= 0.6 is 0 Å². The molecule has 132 valence electrons. The van der Waals surface area contributed by atoms with E-state index in [4.69, 9.17) is 10.5 Å². The van der Waals surface area contributed by atoms with Crippen molar-refractivity contribution in [1.82, 2.24) is 9.47 Å². The number of alkyl halides is 3. The molecule has 0 aromatic carbocycles. The molecule has 2 N–H and O–H groups in total. The SMILES string of the molecule is N[C@@]12CCOC[C@@H]1CN(C(=O)Cn1cc(C(F)(F)F)ccc1=O)C2. The van der Waals surface area contributed by atoms with Crippen molar-refractivity contribution in [2.45, 2.75) is 24.7 Å². The molecule has 2 atom stereocenters. The molecule has 0 saturated carbocycles. The first-order chi connectivity index (χ1) is 11.2. The Bertz CT molecular complexity index is 703. The van der Waals surface area contributed by atoms with Gasteiger partial charge < -0.3 is 19.9 Å². The lowest BCUT2D eigenvalue weighted by molar-refractivity contribution is -0.138. The first-order valence-corrected chi connectivity index (χ1v) is 7.61. The van der Waals surface area contributed by atoms with Crippen LogP contribution in [0.15, 0.2) is 23.1 Å². The molecule has 2 saturated heterocycles.